The molecule has 0 aromatic carbocycles. The highest BCUT2D eigenvalue weighted by Crippen LogP contribution is 2.15. The lowest BCUT2D eigenvalue weighted by atomic mass is 10.2. The summed E-state index contributed by atoms with van der Waals surface area (Å²) in [5.41, 5.74) is 0. The molecule has 0 atom stereocenters. The Morgan fingerprint density at radius 3 is 2.18 bits per heavy atom. The third kappa shape index (κ3) is 2.43. The quantitative estimate of drug-likeness (QED) is 0.570. The van der Waals surface area contributed by atoms with E-state index in [1.165, 1.54) is 0 Å². The van der Waals surface area contributed by atoms with Crippen LogP contribution in [0.2, 0.25) is 0 Å². The monoisotopic (exact) mass is 179 g/mol. The smallest absolute Gasteiger partial charge is 0.150 e. The number of hydrogen-bond donors (Lipinski definition) is 1. The molecule has 5 heteroatoms. The fourth-order valence-electron chi connectivity index (χ4n) is 1.25. The average Bonchev–Trinajstić information content (AvgIpc) is 1.86. The van der Waals surface area contributed by atoms with Gasteiger partial charge in [0.15, 0.2) is 0 Å². The van der Waals surface area contributed by atoms with E-state index in [2.05, 4.69) is 0 Å². The highest BCUT2D eigenvalue weighted by atomic mass is 32.2. The van der Waals surface area contributed by atoms with Crippen LogP contribution in [0.4, 0.5) is 0 Å². The van der Waals surface area contributed by atoms with Gasteiger partial charge < -0.3 is 5.21 Å². The van der Waals surface area contributed by atoms with E-state index >= 15 is 0 Å². The summed E-state index contributed by atoms with van der Waals surface area (Å²) >= 11 is 0. The maximum atomic E-state index is 10.9. The number of sulfone groups is 1. The van der Waals surface area contributed by atoms with Gasteiger partial charge in [-0.15, -0.1) is 0 Å². The summed E-state index contributed by atoms with van der Waals surface area (Å²) in [6.07, 6.45) is 1.10. The lowest BCUT2D eigenvalue weighted by Crippen LogP contribution is -2.36. The molecule has 1 aliphatic rings. The maximum Gasteiger partial charge on any atom is 0.150 e. The van der Waals surface area contributed by atoms with Gasteiger partial charge in [-0.2, -0.15) is 5.06 Å². The van der Waals surface area contributed by atoms with Gasteiger partial charge >= 0.3 is 0 Å². The van der Waals surface area contributed by atoms with Crippen LogP contribution in [-0.2, 0) is 9.84 Å². The van der Waals surface area contributed by atoms with Crippen LogP contribution < -0.4 is 0 Å². The first-order valence-corrected chi connectivity index (χ1v) is 5.45. The van der Waals surface area contributed by atoms with E-state index in [9.17, 15) is 8.42 Å². The van der Waals surface area contributed by atoms with Crippen LogP contribution in [0.1, 0.15) is 12.8 Å². The normalized spacial score (nSPS) is 25.7. The van der Waals surface area contributed by atoms with Crippen molar-refractivity contribution in [2.45, 2.75) is 18.9 Å². The van der Waals surface area contributed by atoms with Crippen molar-refractivity contribution in [1.29, 1.82) is 0 Å². The van der Waals surface area contributed by atoms with Crippen LogP contribution in [0.25, 0.3) is 0 Å². The van der Waals surface area contributed by atoms with Crippen LogP contribution >= 0.6 is 0 Å². The lowest BCUT2D eigenvalue weighted by molar-refractivity contribution is -0.104. The van der Waals surface area contributed by atoms with Gasteiger partial charge in [0.05, 0.1) is 11.5 Å². The van der Waals surface area contributed by atoms with Gasteiger partial charge in [-0.1, -0.05) is 0 Å². The fraction of sp³-hybridized carbons (Fsp3) is 1.00. The Hall–Kier alpha value is -0.130. The molecule has 0 saturated carbocycles. The van der Waals surface area contributed by atoms with Crippen LogP contribution in [0, 0.1) is 0 Å². The van der Waals surface area contributed by atoms with Gasteiger partial charge in [0.1, 0.15) is 9.84 Å². The minimum absolute atomic E-state index is 0.0264. The molecule has 1 N–H and O–H groups in total. The largest absolute Gasteiger partial charge is 0.314 e. The second-order valence-corrected chi connectivity index (χ2v) is 5.26. The van der Waals surface area contributed by atoms with Gasteiger partial charge in [-0.25, -0.2) is 8.42 Å². The Bertz CT molecular complexity index is 208. The molecule has 1 aliphatic heterocycles. The molecule has 1 heterocycles. The molecule has 1 fully saturated rings. The molecule has 0 aromatic rings. The van der Waals surface area contributed by atoms with Gasteiger partial charge in [0, 0.05) is 13.1 Å². The average molecular weight is 179 g/mol. The molecule has 4 nitrogen and oxygen atoms in total. The van der Waals surface area contributed by atoms with E-state index in [0.717, 1.165) is 5.06 Å². The van der Waals surface area contributed by atoms with Crippen LogP contribution in [0.15, 0.2) is 0 Å². The number of rotatable bonds is 1. The Labute approximate surface area is 66.7 Å². The van der Waals surface area contributed by atoms with Crippen molar-refractivity contribution < 1.29 is 13.6 Å². The zero-order valence-corrected chi connectivity index (χ0v) is 7.34. The summed E-state index contributed by atoms with van der Waals surface area (Å²) in [7, 11) is -1.23. The molecular formula is C6H13NO3S. The molecule has 66 valence electrons. The number of nitrogens with zero attached hydrogens (tertiary/aromatic N) is 1. The van der Waals surface area contributed by atoms with Crippen molar-refractivity contribution in [2.24, 2.45) is 0 Å². The molecule has 11 heavy (non-hydrogen) atoms. The molecule has 0 bridgehead atoms. The molecule has 0 spiro atoms. The summed E-state index contributed by atoms with van der Waals surface area (Å²) in [5, 5.41) is 10.1. The molecule has 0 radical (unpaired) electrons. The first-order chi connectivity index (χ1) is 5.01. The number of hydroxylamine groups is 2. The van der Waals surface area contributed by atoms with Gasteiger partial charge in [-0.3, -0.25) is 0 Å². The van der Waals surface area contributed by atoms with Crippen molar-refractivity contribution in [3.63, 3.8) is 0 Å². The molecular weight excluding hydrogens is 166 g/mol. The Morgan fingerprint density at radius 2 is 1.82 bits per heavy atom. The highest BCUT2D eigenvalue weighted by molar-refractivity contribution is 7.91. The van der Waals surface area contributed by atoms with E-state index in [0.29, 0.717) is 12.8 Å². The van der Waals surface area contributed by atoms with Crippen LogP contribution in [0.3, 0.4) is 0 Å². The van der Waals surface area contributed by atoms with Crippen LogP contribution in [0.5, 0.6) is 0 Å². The van der Waals surface area contributed by atoms with Crippen molar-refractivity contribution in [1.82, 2.24) is 5.06 Å². The summed E-state index contributed by atoms with van der Waals surface area (Å²) in [4.78, 5) is 0. The third-order valence-corrected chi connectivity index (χ3v) is 3.77. The predicted octanol–water partition coefficient (Wildman–Crippen LogP) is -0.115. The van der Waals surface area contributed by atoms with Crippen molar-refractivity contribution in [3.8, 4) is 0 Å². The van der Waals surface area contributed by atoms with Crippen molar-refractivity contribution in [2.75, 3.05) is 18.6 Å². The van der Waals surface area contributed by atoms with Crippen molar-refractivity contribution >= 4 is 9.84 Å². The Kier molecular flexibility index (Phi) is 2.51. The number of hydrogen-bond acceptors (Lipinski definition) is 4. The minimum Gasteiger partial charge on any atom is -0.314 e. The third-order valence-electron chi connectivity index (χ3n) is 2.05. The lowest BCUT2D eigenvalue weighted by Gasteiger charge is -2.25. The van der Waals surface area contributed by atoms with E-state index in [4.69, 9.17) is 5.21 Å². The standard InChI is InChI=1S/C6H13NO3S/c1-7(8)6-2-4-11(9,10)5-3-6/h6,8H,2-5H2,1H3. The van der Waals surface area contributed by atoms with Gasteiger partial charge in [0.25, 0.3) is 0 Å². The zero-order valence-electron chi connectivity index (χ0n) is 6.52. The summed E-state index contributed by atoms with van der Waals surface area (Å²) in [6, 6.07) is 0.0264. The minimum atomic E-state index is -2.79. The predicted molar refractivity (Wildman–Crippen MR) is 41.2 cm³/mol. The van der Waals surface area contributed by atoms with Gasteiger partial charge in [-0.05, 0) is 12.8 Å². The Morgan fingerprint density at radius 1 is 1.36 bits per heavy atom. The van der Waals surface area contributed by atoms with Crippen molar-refractivity contribution in [3.05, 3.63) is 0 Å². The zero-order chi connectivity index (χ0) is 8.48. The summed E-state index contributed by atoms with van der Waals surface area (Å²) in [5.74, 6) is 0.422. The Balaban J connectivity index is 2.49. The maximum absolute atomic E-state index is 10.9. The topological polar surface area (TPSA) is 57.6 Å². The first-order valence-electron chi connectivity index (χ1n) is 3.63. The SMILES string of the molecule is CN(O)C1CCS(=O)(=O)CC1. The molecule has 0 amide bonds. The van der Waals surface area contributed by atoms with E-state index < -0.39 is 9.84 Å². The first kappa shape index (κ1) is 8.96. The van der Waals surface area contributed by atoms with Gasteiger partial charge in [0.2, 0.25) is 0 Å². The molecule has 1 saturated heterocycles. The van der Waals surface area contributed by atoms with E-state index in [1.54, 1.807) is 7.05 Å². The van der Waals surface area contributed by atoms with E-state index in [-0.39, 0.29) is 17.5 Å². The second kappa shape index (κ2) is 3.08. The fourth-order valence-corrected chi connectivity index (χ4v) is 2.72. The summed E-state index contributed by atoms with van der Waals surface area (Å²) in [6.45, 7) is 0. The van der Waals surface area contributed by atoms with Crippen LogP contribution in [-0.4, -0.2) is 43.3 Å². The molecule has 1 rings (SSSR count). The van der Waals surface area contributed by atoms with E-state index in [1.807, 2.05) is 0 Å². The highest BCUT2D eigenvalue weighted by Gasteiger charge is 2.25. The summed E-state index contributed by atoms with van der Waals surface area (Å²) < 4.78 is 21.8. The molecule has 0 unspecified atom stereocenters. The molecule has 0 aromatic heterocycles. The second-order valence-electron chi connectivity index (χ2n) is 2.96. The molecule has 0 aliphatic carbocycles.